The first-order valence-electron chi connectivity index (χ1n) is 6.94. The first kappa shape index (κ1) is 19.3. The number of anilines is 1. The number of thioether (sulfide) groups is 1. The number of rotatable bonds is 4. The molecule has 26 heavy (non-hydrogen) atoms. The number of aromatic nitrogens is 1. The monoisotopic (exact) mass is 438 g/mol. The molecule has 0 aliphatic carbocycles. The van der Waals surface area contributed by atoms with Crippen LogP contribution in [0.5, 0.6) is 0 Å². The van der Waals surface area contributed by atoms with Gasteiger partial charge in [0.1, 0.15) is 4.90 Å². The Morgan fingerprint density at radius 1 is 1.19 bits per heavy atom. The Morgan fingerprint density at radius 2 is 1.92 bits per heavy atom. The molecule has 1 heterocycles. The molecule has 0 spiro atoms. The molecule has 0 fully saturated rings. The maximum atomic E-state index is 12.9. The summed E-state index contributed by atoms with van der Waals surface area (Å²) in [5.74, 6) is 0. The standard InChI is InChI=1S/C15H10ClF3N2O2S3/c1-24-14-20-11-5-3-9(7-12(11)25-14)21-26(22,23)13-6-8(15(17,18)19)2-4-10(13)16/h2-7,21H,1H3. The zero-order valence-electron chi connectivity index (χ0n) is 13.0. The minimum absolute atomic E-state index is 0.210. The highest BCUT2D eigenvalue weighted by atomic mass is 35.5. The van der Waals surface area contributed by atoms with Crippen molar-refractivity contribution >= 4 is 60.6 Å². The zero-order valence-corrected chi connectivity index (χ0v) is 16.2. The lowest BCUT2D eigenvalue weighted by Crippen LogP contribution is -2.15. The Bertz CT molecular complexity index is 1080. The van der Waals surface area contributed by atoms with Crippen LogP contribution in [0.3, 0.4) is 0 Å². The third kappa shape index (κ3) is 3.93. The number of hydrogen-bond acceptors (Lipinski definition) is 5. The summed E-state index contributed by atoms with van der Waals surface area (Å²) < 4.78 is 67.5. The fourth-order valence-electron chi connectivity index (χ4n) is 2.15. The van der Waals surface area contributed by atoms with Gasteiger partial charge in [0.25, 0.3) is 10.0 Å². The summed E-state index contributed by atoms with van der Waals surface area (Å²) in [4.78, 5) is 3.70. The van der Waals surface area contributed by atoms with Crippen molar-refractivity contribution in [2.45, 2.75) is 15.4 Å². The second-order valence-electron chi connectivity index (χ2n) is 5.11. The largest absolute Gasteiger partial charge is 0.416 e. The van der Waals surface area contributed by atoms with E-state index in [2.05, 4.69) is 9.71 Å². The number of nitrogens with one attached hydrogen (secondary N) is 1. The molecule has 1 N–H and O–H groups in total. The number of halogens is 4. The summed E-state index contributed by atoms with van der Waals surface area (Å²) in [6, 6.07) is 6.86. The normalized spacial score (nSPS) is 12.5. The molecule has 4 nitrogen and oxygen atoms in total. The summed E-state index contributed by atoms with van der Waals surface area (Å²) in [6.45, 7) is 0. The van der Waals surface area contributed by atoms with Crippen LogP contribution in [0.15, 0.2) is 45.6 Å². The Balaban J connectivity index is 1.99. The van der Waals surface area contributed by atoms with Gasteiger partial charge >= 0.3 is 6.18 Å². The molecule has 0 unspecified atom stereocenters. The van der Waals surface area contributed by atoms with Crippen molar-refractivity contribution < 1.29 is 21.6 Å². The van der Waals surface area contributed by atoms with Crippen molar-refractivity contribution in [2.75, 3.05) is 11.0 Å². The molecule has 0 aliphatic rings. The van der Waals surface area contributed by atoms with E-state index < -0.39 is 26.7 Å². The van der Waals surface area contributed by atoms with Crippen LogP contribution in [0.25, 0.3) is 10.2 Å². The van der Waals surface area contributed by atoms with Crippen molar-refractivity contribution in [3.05, 3.63) is 47.0 Å². The predicted molar refractivity (Wildman–Crippen MR) is 98.7 cm³/mol. The molecule has 0 atom stereocenters. The molecule has 11 heteroatoms. The van der Waals surface area contributed by atoms with Crippen LogP contribution in [0, 0.1) is 0 Å². The van der Waals surface area contributed by atoms with Gasteiger partial charge in [0.2, 0.25) is 0 Å². The summed E-state index contributed by atoms with van der Waals surface area (Å²) in [7, 11) is -4.30. The van der Waals surface area contributed by atoms with Gasteiger partial charge in [0.15, 0.2) is 4.34 Å². The number of alkyl halides is 3. The maximum absolute atomic E-state index is 12.9. The number of thiazole rings is 1. The molecular weight excluding hydrogens is 429 g/mol. The fraction of sp³-hybridized carbons (Fsp3) is 0.133. The van der Waals surface area contributed by atoms with Gasteiger partial charge in [-0.1, -0.05) is 23.4 Å². The van der Waals surface area contributed by atoms with E-state index in [-0.39, 0.29) is 10.7 Å². The number of fused-ring (bicyclic) bond motifs is 1. The molecule has 0 bridgehead atoms. The first-order chi connectivity index (χ1) is 12.1. The molecule has 0 saturated heterocycles. The summed E-state index contributed by atoms with van der Waals surface area (Å²) >= 11 is 8.66. The Kier molecular flexibility index (Phi) is 5.13. The van der Waals surface area contributed by atoms with Gasteiger partial charge in [0.05, 0.1) is 26.5 Å². The van der Waals surface area contributed by atoms with Crippen LogP contribution >= 0.6 is 34.7 Å². The van der Waals surface area contributed by atoms with Crippen molar-refractivity contribution in [2.24, 2.45) is 0 Å². The molecule has 2 aromatic carbocycles. The third-order valence-electron chi connectivity index (χ3n) is 3.34. The topological polar surface area (TPSA) is 59.1 Å². The van der Waals surface area contributed by atoms with E-state index in [1.54, 1.807) is 12.1 Å². The van der Waals surface area contributed by atoms with Crippen LogP contribution in [0.1, 0.15) is 5.56 Å². The van der Waals surface area contributed by atoms with Crippen molar-refractivity contribution in [3.63, 3.8) is 0 Å². The number of nitrogens with zero attached hydrogens (tertiary/aromatic N) is 1. The van der Waals surface area contributed by atoms with Crippen LogP contribution in [0.2, 0.25) is 5.02 Å². The molecule has 0 radical (unpaired) electrons. The van der Waals surface area contributed by atoms with Crippen LogP contribution < -0.4 is 4.72 Å². The molecule has 0 amide bonds. The Hall–Kier alpha value is -1.49. The third-order valence-corrected chi connectivity index (χ3v) is 7.21. The van der Waals surface area contributed by atoms with E-state index in [0.717, 1.165) is 21.2 Å². The van der Waals surface area contributed by atoms with E-state index in [1.807, 2.05) is 6.26 Å². The molecular formula is C15H10ClF3N2O2S3. The summed E-state index contributed by atoms with van der Waals surface area (Å²) in [5.41, 5.74) is -0.175. The highest BCUT2D eigenvalue weighted by molar-refractivity contribution is 8.00. The van der Waals surface area contributed by atoms with E-state index in [0.29, 0.717) is 11.6 Å². The van der Waals surface area contributed by atoms with Gasteiger partial charge in [-0.3, -0.25) is 4.72 Å². The number of benzene rings is 2. The quantitative estimate of drug-likeness (QED) is 0.547. The average molecular weight is 439 g/mol. The molecule has 138 valence electrons. The van der Waals surface area contributed by atoms with Crippen molar-refractivity contribution in [1.82, 2.24) is 4.98 Å². The second kappa shape index (κ2) is 6.91. The Labute approximate surface area is 160 Å². The smallest absolute Gasteiger partial charge is 0.280 e. The van der Waals surface area contributed by atoms with Crippen LogP contribution in [0.4, 0.5) is 18.9 Å². The lowest BCUT2D eigenvalue weighted by Gasteiger charge is -2.12. The Morgan fingerprint density at radius 3 is 2.58 bits per heavy atom. The highest BCUT2D eigenvalue weighted by Gasteiger charge is 2.32. The molecule has 3 aromatic rings. The van der Waals surface area contributed by atoms with E-state index in [9.17, 15) is 21.6 Å². The van der Waals surface area contributed by atoms with Gasteiger partial charge in [-0.05, 0) is 42.7 Å². The minimum atomic E-state index is -4.68. The first-order valence-corrected chi connectivity index (χ1v) is 10.8. The van der Waals surface area contributed by atoms with Crippen molar-refractivity contribution in [3.8, 4) is 0 Å². The number of sulfonamides is 1. The predicted octanol–water partition coefficient (Wildman–Crippen LogP) is 5.49. The minimum Gasteiger partial charge on any atom is -0.280 e. The molecule has 3 rings (SSSR count). The van der Waals surface area contributed by atoms with Crippen LogP contribution in [-0.2, 0) is 16.2 Å². The van der Waals surface area contributed by atoms with Gasteiger partial charge in [-0.2, -0.15) is 13.2 Å². The molecule has 0 aliphatic heterocycles. The SMILES string of the molecule is CSc1nc2ccc(NS(=O)(=O)c3cc(C(F)(F)F)ccc3Cl)cc2s1. The average Bonchev–Trinajstić information content (AvgIpc) is 2.96. The van der Waals surface area contributed by atoms with E-state index in [1.165, 1.54) is 29.2 Å². The van der Waals surface area contributed by atoms with Gasteiger partial charge < -0.3 is 0 Å². The van der Waals surface area contributed by atoms with Gasteiger partial charge in [0, 0.05) is 0 Å². The maximum Gasteiger partial charge on any atom is 0.416 e. The summed E-state index contributed by atoms with van der Waals surface area (Å²) in [6.07, 6.45) is -2.80. The van der Waals surface area contributed by atoms with Gasteiger partial charge in [-0.15, -0.1) is 11.3 Å². The molecule has 0 saturated carbocycles. The highest BCUT2D eigenvalue weighted by Crippen LogP contribution is 2.35. The lowest BCUT2D eigenvalue weighted by molar-refractivity contribution is -0.137. The summed E-state index contributed by atoms with van der Waals surface area (Å²) in [5, 5.41) is -0.297. The zero-order chi connectivity index (χ0) is 19.1. The second-order valence-corrected chi connectivity index (χ2v) is 9.26. The van der Waals surface area contributed by atoms with E-state index >= 15 is 0 Å². The van der Waals surface area contributed by atoms with E-state index in [4.69, 9.17) is 11.6 Å². The van der Waals surface area contributed by atoms with Crippen LogP contribution in [-0.4, -0.2) is 19.7 Å². The lowest BCUT2D eigenvalue weighted by atomic mass is 10.2. The fourth-order valence-corrected chi connectivity index (χ4v) is 5.25. The van der Waals surface area contributed by atoms with Crippen molar-refractivity contribution in [1.29, 1.82) is 0 Å². The molecule has 1 aromatic heterocycles. The van der Waals surface area contributed by atoms with Gasteiger partial charge in [-0.25, -0.2) is 13.4 Å². The number of hydrogen-bond donors (Lipinski definition) is 1.